The predicted octanol–water partition coefficient (Wildman–Crippen LogP) is 2.34. The first kappa shape index (κ1) is 15.0. The van der Waals surface area contributed by atoms with Crippen LogP contribution in [-0.4, -0.2) is 21.9 Å². The van der Waals surface area contributed by atoms with Gasteiger partial charge in [0, 0.05) is 6.07 Å². The van der Waals surface area contributed by atoms with Crippen LogP contribution in [0.25, 0.3) is 0 Å². The number of nitrogens with one attached hydrogen (secondary N) is 1. The molecule has 2 rings (SSSR count). The Hall–Kier alpha value is -2.44. The summed E-state index contributed by atoms with van der Waals surface area (Å²) in [6.07, 6.45) is 1.62. The van der Waals surface area contributed by atoms with Gasteiger partial charge in [-0.3, -0.25) is 19.7 Å². The van der Waals surface area contributed by atoms with Crippen molar-refractivity contribution in [3.63, 3.8) is 0 Å². The Morgan fingerprint density at radius 2 is 2.00 bits per heavy atom. The minimum absolute atomic E-state index is 0.103. The van der Waals surface area contributed by atoms with Gasteiger partial charge in [0.25, 0.3) is 5.69 Å². The van der Waals surface area contributed by atoms with E-state index in [2.05, 4.69) is 5.32 Å². The number of benzene rings is 1. The van der Waals surface area contributed by atoms with Crippen molar-refractivity contribution >= 4 is 23.3 Å². The van der Waals surface area contributed by atoms with Gasteiger partial charge in [0.1, 0.15) is 5.69 Å². The Morgan fingerprint density at radius 3 is 2.62 bits per heavy atom. The average molecular weight is 292 g/mol. The van der Waals surface area contributed by atoms with Crippen LogP contribution in [0.5, 0.6) is 0 Å². The van der Waals surface area contributed by atoms with Gasteiger partial charge in [-0.05, 0) is 31.4 Å². The number of nitrogens with zero attached hydrogens (tertiary/aromatic N) is 1. The van der Waals surface area contributed by atoms with Gasteiger partial charge in [-0.25, -0.2) is 0 Å². The molecule has 2 N–H and O–H groups in total. The number of anilines is 1. The Balaban J connectivity index is 2.20. The van der Waals surface area contributed by atoms with E-state index in [1.165, 1.54) is 12.1 Å². The number of carbonyl (C=O) groups excluding carboxylic acids is 1. The predicted molar refractivity (Wildman–Crippen MR) is 74.9 cm³/mol. The molecular formula is C14H16N2O5. The third kappa shape index (κ3) is 3.18. The highest BCUT2D eigenvalue weighted by molar-refractivity contribution is 5.97. The lowest BCUT2D eigenvalue weighted by Crippen LogP contribution is -2.30. The van der Waals surface area contributed by atoms with Gasteiger partial charge in [0.05, 0.1) is 16.8 Å². The van der Waals surface area contributed by atoms with E-state index in [4.69, 9.17) is 5.11 Å². The Morgan fingerprint density at radius 1 is 1.33 bits per heavy atom. The molecule has 0 saturated heterocycles. The fourth-order valence-corrected chi connectivity index (χ4v) is 2.69. The second-order valence-electron chi connectivity index (χ2n) is 5.25. The number of aryl methyl sites for hydroxylation is 1. The van der Waals surface area contributed by atoms with Crippen LogP contribution in [0.15, 0.2) is 18.2 Å². The second-order valence-corrected chi connectivity index (χ2v) is 5.25. The number of hydrogen-bond donors (Lipinski definition) is 2. The van der Waals surface area contributed by atoms with Gasteiger partial charge in [-0.1, -0.05) is 12.5 Å². The first-order valence-electron chi connectivity index (χ1n) is 6.69. The quantitative estimate of drug-likeness (QED) is 0.653. The first-order valence-corrected chi connectivity index (χ1v) is 6.69. The van der Waals surface area contributed by atoms with Crippen molar-refractivity contribution in [2.24, 2.45) is 11.8 Å². The van der Waals surface area contributed by atoms with Gasteiger partial charge in [-0.15, -0.1) is 0 Å². The maximum atomic E-state index is 12.2. The number of carbonyl (C=O) groups is 2. The van der Waals surface area contributed by atoms with Gasteiger partial charge in [0.2, 0.25) is 5.91 Å². The maximum Gasteiger partial charge on any atom is 0.307 e. The number of rotatable bonds is 4. The molecule has 1 aromatic carbocycles. The summed E-state index contributed by atoms with van der Waals surface area (Å²) in [6, 6.07) is 4.50. The summed E-state index contributed by atoms with van der Waals surface area (Å²) in [4.78, 5) is 33.7. The zero-order valence-electron chi connectivity index (χ0n) is 11.5. The van der Waals surface area contributed by atoms with Gasteiger partial charge >= 0.3 is 5.97 Å². The van der Waals surface area contributed by atoms with Crippen LogP contribution in [0.1, 0.15) is 24.8 Å². The lowest BCUT2D eigenvalue weighted by molar-refractivity contribution is -0.384. The fraction of sp³-hybridized carbons (Fsp3) is 0.429. The van der Waals surface area contributed by atoms with Crippen molar-refractivity contribution in [2.45, 2.75) is 26.2 Å². The van der Waals surface area contributed by atoms with E-state index in [0.29, 0.717) is 24.8 Å². The molecule has 0 heterocycles. The normalized spacial score (nSPS) is 21.0. The summed E-state index contributed by atoms with van der Waals surface area (Å²) in [5, 5.41) is 22.6. The highest BCUT2D eigenvalue weighted by atomic mass is 16.6. The highest BCUT2D eigenvalue weighted by Gasteiger charge is 2.38. The molecule has 0 spiro atoms. The fourth-order valence-electron chi connectivity index (χ4n) is 2.69. The SMILES string of the molecule is Cc1ccc(NC(=O)[C@@H]2CCC[C@@H]2C(=O)O)c([N+](=O)[O-])c1. The molecular weight excluding hydrogens is 276 g/mol. The lowest BCUT2D eigenvalue weighted by Gasteiger charge is -2.15. The van der Waals surface area contributed by atoms with Gasteiger partial charge < -0.3 is 10.4 Å². The summed E-state index contributed by atoms with van der Waals surface area (Å²) < 4.78 is 0. The van der Waals surface area contributed by atoms with Crippen molar-refractivity contribution in [3.8, 4) is 0 Å². The number of aliphatic carboxylic acids is 1. The molecule has 7 heteroatoms. The van der Waals surface area contributed by atoms with Crippen molar-refractivity contribution in [1.29, 1.82) is 0 Å². The van der Waals surface area contributed by atoms with Crippen molar-refractivity contribution < 1.29 is 19.6 Å². The number of nitro groups is 1. The third-order valence-corrected chi connectivity index (χ3v) is 3.78. The lowest BCUT2D eigenvalue weighted by atomic mass is 9.95. The Kier molecular flexibility index (Phi) is 4.21. The van der Waals surface area contributed by atoms with E-state index < -0.39 is 28.6 Å². The molecule has 0 unspecified atom stereocenters. The number of hydrogen-bond acceptors (Lipinski definition) is 4. The molecule has 1 amide bonds. The number of carboxylic acids is 1. The van der Waals surface area contributed by atoms with Crippen LogP contribution < -0.4 is 5.32 Å². The second kappa shape index (κ2) is 5.90. The van der Waals surface area contributed by atoms with Crippen LogP contribution in [0.4, 0.5) is 11.4 Å². The molecule has 21 heavy (non-hydrogen) atoms. The molecule has 1 saturated carbocycles. The molecule has 1 fully saturated rings. The summed E-state index contributed by atoms with van der Waals surface area (Å²) >= 11 is 0. The zero-order valence-corrected chi connectivity index (χ0v) is 11.5. The van der Waals surface area contributed by atoms with E-state index in [0.717, 1.165) is 0 Å². The third-order valence-electron chi connectivity index (χ3n) is 3.78. The van der Waals surface area contributed by atoms with Crippen LogP contribution in [-0.2, 0) is 9.59 Å². The van der Waals surface area contributed by atoms with E-state index in [1.807, 2.05) is 0 Å². The number of nitro benzene ring substituents is 1. The van der Waals surface area contributed by atoms with Crippen LogP contribution in [0, 0.1) is 28.9 Å². The monoisotopic (exact) mass is 292 g/mol. The van der Waals surface area contributed by atoms with Crippen LogP contribution >= 0.6 is 0 Å². The minimum atomic E-state index is -0.994. The standard InChI is InChI=1S/C14H16N2O5/c1-8-5-6-11(12(7-8)16(20)21)15-13(17)9-3-2-4-10(9)14(18)19/h5-7,9-10H,2-4H2,1H3,(H,15,17)(H,18,19)/t9-,10+/m1/s1. The summed E-state index contributed by atoms with van der Waals surface area (Å²) in [5.41, 5.74) is 0.629. The topological polar surface area (TPSA) is 110 Å². The molecule has 112 valence electrons. The molecule has 0 bridgehead atoms. The molecule has 0 aromatic heterocycles. The van der Waals surface area contributed by atoms with E-state index in [9.17, 15) is 19.7 Å². The van der Waals surface area contributed by atoms with Crippen molar-refractivity contribution in [1.82, 2.24) is 0 Å². The minimum Gasteiger partial charge on any atom is -0.481 e. The van der Waals surface area contributed by atoms with Crippen LogP contribution in [0.2, 0.25) is 0 Å². The summed E-state index contributed by atoms with van der Waals surface area (Å²) in [7, 11) is 0. The van der Waals surface area contributed by atoms with E-state index >= 15 is 0 Å². The molecule has 1 aliphatic carbocycles. The zero-order chi connectivity index (χ0) is 15.6. The smallest absolute Gasteiger partial charge is 0.307 e. The maximum absolute atomic E-state index is 12.2. The van der Waals surface area contributed by atoms with Gasteiger partial charge in [0.15, 0.2) is 0 Å². The molecule has 1 aliphatic rings. The Bertz CT molecular complexity index is 599. The van der Waals surface area contributed by atoms with E-state index in [-0.39, 0.29) is 11.4 Å². The summed E-state index contributed by atoms with van der Waals surface area (Å²) in [6.45, 7) is 1.72. The largest absolute Gasteiger partial charge is 0.481 e. The number of carboxylic acid groups (broad SMARTS) is 1. The Labute approximate surface area is 121 Å². The molecule has 2 atom stereocenters. The molecule has 1 aromatic rings. The highest BCUT2D eigenvalue weighted by Crippen LogP contribution is 2.34. The first-order chi connectivity index (χ1) is 9.90. The van der Waals surface area contributed by atoms with Gasteiger partial charge in [-0.2, -0.15) is 0 Å². The summed E-state index contributed by atoms with van der Waals surface area (Å²) in [5.74, 6) is -2.81. The molecule has 0 aliphatic heterocycles. The van der Waals surface area contributed by atoms with E-state index in [1.54, 1.807) is 13.0 Å². The van der Waals surface area contributed by atoms with Crippen LogP contribution in [0.3, 0.4) is 0 Å². The van der Waals surface area contributed by atoms with Crippen molar-refractivity contribution in [3.05, 3.63) is 33.9 Å². The molecule has 0 radical (unpaired) electrons. The average Bonchev–Trinajstić information content (AvgIpc) is 2.90. The number of amides is 1. The molecule has 7 nitrogen and oxygen atoms in total. The van der Waals surface area contributed by atoms with Crippen molar-refractivity contribution in [2.75, 3.05) is 5.32 Å².